The van der Waals surface area contributed by atoms with Crippen molar-refractivity contribution in [1.82, 2.24) is 25.7 Å². The number of aromatic nitrogens is 4. The van der Waals surface area contributed by atoms with Crippen molar-refractivity contribution >= 4 is 10.9 Å². The smallest absolute Gasteiger partial charge is 0.279 e. The lowest BCUT2D eigenvalue weighted by molar-refractivity contribution is 0.0734. The molecule has 1 aliphatic heterocycles. The van der Waals surface area contributed by atoms with Crippen LogP contribution in [-0.2, 0) is 4.74 Å². The average Bonchev–Trinajstić information content (AvgIpc) is 3.14. The molecule has 0 spiro atoms. The Balaban J connectivity index is 1.70. The maximum Gasteiger partial charge on any atom is 0.279 e. The number of H-pyrrole nitrogens is 1. The third-order valence-corrected chi connectivity index (χ3v) is 3.35. The Kier molecular flexibility index (Phi) is 2.71. The van der Waals surface area contributed by atoms with Crippen molar-refractivity contribution in [2.45, 2.75) is 6.04 Å². The first-order valence-electron chi connectivity index (χ1n) is 6.50. The highest BCUT2D eigenvalue weighted by Gasteiger charge is 2.22. The van der Waals surface area contributed by atoms with Gasteiger partial charge in [-0.15, -0.1) is 0 Å². The van der Waals surface area contributed by atoms with Crippen molar-refractivity contribution in [3.8, 4) is 11.6 Å². The van der Waals surface area contributed by atoms with E-state index in [2.05, 4.69) is 25.7 Å². The van der Waals surface area contributed by atoms with Gasteiger partial charge in [-0.25, -0.2) is 0 Å². The number of rotatable bonds is 2. The van der Waals surface area contributed by atoms with E-state index in [-0.39, 0.29) is 6.04 Å². The van der Waals surface area contributed by atoms with Crippen LogP contribution in [0.1, 0.15) is 11.9 Å². The van der Waals surface area contributed by atoms with E-state index in [9.17, 15) is 0 Å². The summed E-state index contributed by atoms with van der Waals surface area (Å²) in [7, 11) is 0. The van der Waals surface area contributed by atoms with Crippen molar-refractivity contribution in [2.24, 2.45) is 0 Å². The Hall–Kier alpha value is -2.25. The molecule has 4 rings (SSSR count). The summed E-state index contributed by atoms with van der Waals surface area (Å²) >= 11 is 0. The average molecular weight is 271 g/mol. The number of nitrogens with one attached hydrogen (secondary N) is 2. The fraction of sp³-hybridized carbons (Fsp3) is 0.308. The number of fused-ring (bicyclic) bond motifs is 1. The Labute approximate surface area is 114 Å². The van der Waals surface area contributed by atoms with Gasteiger partial charge in [-0.2, -0.15) is 10.1 Å². The van der Waals surface area contributed by atoms with Gasteiger partial charge >= 0.3 is 0 Å². The van der Waals surface area contributed by atoms with Crippen LogP contribution < -0.4 is 5.32 Å². The van der Waals surface area contributed by atoms with Crippen LogP contribution in [0.15, 0.2) is 28.8 Å². The summed E-state index contributed by atoms with van der Waals surface area (Å²) in [5.74, 6) is 1.02. The molecule has 1 aromatic carbocycles. The highest BCUT2D eigenvalue weighted by Crippen LogP contribution is 2.25. The predicted octanol–water partition coefficient (Wildman–Crippen LogP) is 1.27. The van der Waals surface area contributed by atoms with Crippen LogP contribution in [0.5, 0.6) is 0 Å². The van der Waals surface area contributed by atoms with E-state index in [0.717, 1.165) is 17.4 Å². The third-order valence-electron chi connectivity index (χ3n) is 3.35. The van der Waals surface area contributed by atoms with E-state index in [1.54, 1.807) is 0 Å². The largest absolute Gasteiger partial charge is 0.378 e. The molecule has 1 fully saturated rings. The van der Waals surface area contributed by atoms with Gasteiger partial charge in [0.1, 0.15) is 0 Å². The molecular weight excluding hydrogens is 258 g/mol. The van der Waals surface area contributed by atoms with E-state index in [1.807, 2.05) is 24.3 Å². The SMILES string of the molecule is c1ccc2c(-c3nc(C4COCCN4)no3)n[nH]c2c1. The van der Waals surface area contributed by atoms with Crippen molar-refractivity contribution in [2.75, 3.05) is 19.8 Å². The number of para-hydroxylation sites is 1. The Bertz CT molecular complexity index is 729. The molecule has 0 radical (unpaired) electrons. The minimum Gasteiger partial charge on any atom is -0.378 e. The fourth-order valence-corrected chi connectivity index (χ4v) is 2.33. The molecule has 102 valence electrons. The monoisotopic (exact) mass is 271 g/mol. The molecular formula is C13H13N5O2. The molecule has 0 saturated carbocycles. The zero-order valence-electron chi connectivity index (χ0n) is 10.7. The first kappa shape index (κ1) is 11.6. The molecule has 1 saturated heterocycles. The quantitative estimate of drug-likeness (QED) is 0.729. The van der Waals surface area contributed by atoms with E-state index in [4.69, 9.17) is 9.26 Å². The summed E-state index contributed by atoms with van der Waals surface area (Å²) in [6, 6.07) is 7.81. The topological polar surface area (TPSA) is 88.9 Å². The van der Waals surface area contributed by atoms with Crippen LogP contribution in [0.25, 0.3) is 22.5 Å². The van der Waals surface area contributed by atoms with E-state index in [0.29, 0.717) is 30.6 Å². The van der Waals surface area contributed by atoms with Crippen LogP contribution >= 0.6 is 0 Å². The van der Waals surface area contributed by atoms with E-state index in [1.165, 1.54) is 0 Å². The van der Waals surface area contributed by atoms with Crippen LogP contribution in [0.3, 0.4) is 0 Å². The van der Waals surface area contributed by atoms with Crippen LogP contribution in [-0.4, -0.2) is 40.1 Å². The van der Waals surface area contributed by atoms with Crippen molar-refractivity contribution in [1.29, 1.82) is 0 Å². The molecule has 7 heteroatoms. The number of hydrogen-bond donors (Lipinski definition) is 2. The highest BCUT2D eigenvalue weighted by molar-refractivity contribution is 5.90. The molecule has 3 heterocycles. The minimum absolute atomic E-state index is 0.0218. The summed E-state index contributed by atoms with van der Waals surface area (Å²) in [5, 5.41) is 15.5. The number of nitrogens with zero attached hydrogens (tertiary/aromatic N) is 3. The number of morpholine rings is 1. The van der Waals surface area contributed by atoms with Crippen LogP contribution in [0.4, 0.5) is 0 Å². The highest BCUT2D eigenvalue weighted by atomic mass is 16.5. The molecule has 0 amide bonds. The first-order chi connectivity index (χ1) is 9.92. The van der Waals surface area contributed by atoms with Crippen molar-refractivity contribution in [3.05, 3.63) is 30.1 Å². The Morgan fingerprint density at radius 1 is 1.25 bits per heavy atom. The first-order valence-corrected chi connectivity index (χ1v) is 6.50. The second-order valence-corrected chi connectivity index (χ2v) is 4.66. The molecule has 2 N–H and O–H groups in total. The summed E-state index contributed by atoms with van der Waals surface area (Å²) in [6.45, 7) is 2.06. The van der Waals surface area contributed by atoms with Gasteiger partial charge in [0.25, 0.3) is 5.89 Å². The molecule has 1 atom stereocenters. The lowest BCUT2D eigenvalue weighted by Gasteiger charge is -2.20. The zero-order chi connectivity index (χ0) is 13.4. The van der Waals surface area contributed by atoms with E-state index < -0.39 is 0 Å². The lowest BCUT2D eigenvalue weighted by atomic mass is 10.2. The Morgan fingerprint density at radius 3 is 3.10 bits per heavy atom. The van der Waals surface area contributed by atoms with Gasteiger partial charge in [0.05, 0.1) is 24.8 Å². The number of aromatic amines is 1. The molecule has 20 heavy (non-hydrogen) atoms. The van der Waals surface area contributed by atoms with Gasteiger partial charge in [0.2, 0.25) is 0 Å². The fourth-order valence-electron chi connectivity index (χ4n) is 2.33. The molecule has 2 aromatic heterocycles. The maximum atomic E-state index is 5.40. The van der Waals surface area contributed by atoms with Gasteiger partial charge < -0.3 is 14.6 Å². The lowest BCUT2D eigenvalue weighted by Crippen LogP contribution is -2.35. The summed E-state index contributed by atoms with van der Waals surface area (Å²) in [5.41, 5.74) is 1.62. The van der Waals surface area contributed by atoms with Gasteiger partial charge in [-0.3, -0.25) is 5.10 Å². The van der Waals surface area contributed by atoms with Gasteiger partial charge in [0, 0.05) is 11.9 Å². The summed E-state index contributed by atoms with van der Waals surface area (Å²) in [4.78, 5) is 4.42. The van der Waals surface area contributed by atoms with Crippen LogP contribution in [0, 0.1) is 0 Å². The Morgan fingerprint density at radius 2 is 2.20 bits per heavy atom. The summed E-state index contributed by atoms with van der Waals surface area (Å²) < 4.78 is 10.7. The van der Waals surface area contributed by atoms with Gasteiger partial charge in [-0.05, 0) is 6.07 Å². The minimum atomic E-state index is -0.0218. The van der Waals surface area contributed by atoms with E-state index >= 15 is 0 Å². The second kappa shape index (κ2) is 4.69. The predicted molar refractivity (Wildman–Crippen MR) is 70.9 cm³/mol. The zero-order valence-corrected chi connectivity index (χ0v) is 10.7. The molecule has 7 nitrogen and oxygen atoms in total. The van der Waals surface area contributed by atoms with Gasteiger partial charge in [0.15, 0.2) is 11.5 Å². The molecule has 1 unspecified atom stereocenters. The number of benzene rings is 1. The number of hydrogen-bond acceptors (Lipinski definition) is 6. The standard InChI is InChI=1S/C13H13N5O2/c1-2-4-9-8(3-1)11(17-16-9)13-15-12(18-20-13)10-7-19-6-5-14-10/h1-4,10,14H,5-7H2,(H,16,17). The summed E-state index contributed by atoms with van der Waals surface area (Å²) in [6.07, 6.45) is 0. The number of ether oxygens (including phenoxy) is 1. The maximum absolute atomic E-state index is 5.40. The van der Waals surface area contributed by atoms with Crippen molar-refractivity contribution in [3.63, 3.8) is 0 Å². The normalized spacial score (nSPS) is 19.5. The van der Waals surface area contributed by atoms with Crippen molar-refractivity contribution < 1.29 is 9.26 Å². The molecule has 1 aliphatic rings. The molecule has 0 aliphatic carbocycles. The van der Waals surface area contributed by atoms with Gasteiger partial charge in [-0.1, -0.05) is 23.4 Å². The molecule has 0 bridgehead atoms. The van der Waals surface area contributed by atoms with Crippen LogP contribution in [0.2, 0.25) is 0 Å². The molecule has 3 aromatic rings. The second-order valence-electron chi connectivity index (χ2n) is 4.66. The third kappa shape index (κ3) is 1.87.